The van der Waals surface area contributed by atoms with Crippen LogP contribution in [0.25, 0.3) is 5.65 Å². The summed E-state index contributed by atoms with van der Waals surface area (Å²) >= 11 is 0. The lowest BCUT2D eigenvalue weighted by molar-refractivity contribution is -0.385. The molecule has 8 nitrogen and oxygen atoms in total. The summed E-state index contributed by atoms with van der Waals surface area (Å²) in [6.07, 6.45) is 1.38. The molecule has 132 valence electrons. The number of nitro benzene ring substituents is 1. The lowest BCUT2D eigenvalue weighted by Crippen LogP contribution is -2.17. The Morgan fingerprint density at radius 3 is 2.81 bits per heavy atom. The van der Waals surface area contributed by atoms with E-state index in [0.717, 1.165) is 5.56 Å². The molecule has 0 aliphatic heterocycles. The van der Waals surface area contributed by atoms with Crippen LogP contribution in [-0.4, -0.2) is 20.3 Å². The lowest BCUT2D eigenvalue weighted by Gasteiger charge is -2.07. The zero-order chi connectivity index (χ0) is 18.7. The van der Waals surface area contributed by atoms with Crippen LogP contribution in [0, 0.1) is 17.0 Å². The monoisotopic (exact) mass is 353 g/mol. The number of benzene rings is 1. The van der Waals surface area contributed by atoms with E-state index >= 15 is 0 Å². The van der Waals surface area contributed by atoms with E-state index in [2.05, 4.69) is 4.98 Å². The third-order valence-electron chi connectivity index (χ3n) is 3.84. The van der Waals surface area contributed by atoms with Crippen LogP contribution < -0.4 is 5.56 Å². The van der Waals surface area contributed by atoms with E-state index in [0.29, 0.717) is 11.3 Å². The van der Waals surface area contributed by atoms with Crippen molar-refractivity contribution < 1.29 is 14.5 Å². The molecule has 0 bridgehead atoms. The van der Waals surface area contributed by atoms with Crippen LogP contribution in [0.3, 0.4) is 0 Å². The van der Waals surface area contributed by atoms with Crippen molar-refractivity contribution in [1.29, 1.82) is 0 Å². The van der Waals surface area contributed by atoms with Crippen LogP contribution in [0.4, 0.5) is 5.69 Å². The van der Waals surface area contributed by atoms with Crippen LogP contribution >= 0.6 is 0 Å². The Bertz CT molecular complexity index is 1060. The van der Waals surface area contributed by atoms with Crippen LogP contribution in [0.1, 0.15) is 16.8 Å². The summed E-state index contributed by atoms with van der Waals surface area (Å²) in [4.78, 5) is 38.9. The maximum Gasteiger partial charge on any atom is 0.310 e. The number of aromatic nitrogens is 2. The fourth-order valence-corrected chi connectivity index (χ4v) is 2.58. The second-order valence-electron chi connectivity index (χ2n) is 5.69. The minimum absolute atomic E-state index is 0.137. The molecule has 0 amide bonds. The van der Waals surface area contributed by atoms with Crippen molar-refractivity contribution in [3.05, 3.63) is 86.0 Å². The fraction of sp³-hybridized carbons (Fsp3) is 0.167. The minimum atomic E-state index is -0.633. The van der Waals surface area contributed by atoms with Gasteiger partial charge >= 0.3 is 5.97 Å². The number of fused-ring (bicyclic) bond motifs is 1. The molecule has 0 radical (unpaired) electrons. The van der Waals surface area contributed by atoms with Crippen LogP contribution in [0.2, 0.25) is 0 Å². The Hall–Kier alpha value is -3.55. The van der Waals surface area contributed by atoms with E-state index in [-0.39, 0.29) is 29.8 Å². The molecular weight excluding hydrogens is 338 g/mol. The molecule has 1 aromatic carbocycles. The van der Waals surface area contributed by atoms with Gasteiger partial charge in [0.25, 0.3) is 11.2 Å². The number of rotatable bonds is 5. The zero-order valence-electron chi connectivity index (χ0n) is 13.9. The van der Waals surface area contributed by atoms with Gasteiger partial charge < -0.3 is 4.74 Å². The van der Waals surface area contributed by atoms with Crippen molar-refractivity contribution in [2.45, 2.75) is 20.0 Å². The minimum Gasteiger partial charge on any atom is -0.459 e. The number of aryl methyl sites for hydroxylation is 1. The molecule has 0 saturated carbocycles. The highest BCUT2D eigenvalue weighted by Gasteiger charge is 2.16. The summed E-state index contributed by atoms with van der Waals surface area (Å²) in [5.74, 6) is -0.633. The summed E-state index contributed by atoms with van der Waals surface area (Å²) < 4.78 is 6.55. The highest BCUT2D eigenvalue weighted by atomic mass is 16.6. The van der Waals surface area contributed by atoms with Gasteiger partial charge in [-0.15, -0.1) is 0 Å². The molecule has 0 saturated heterocycles. The van der Waals surface area contributed by atoms with Gasteiger partial charge in [0.05, 0.1) is 17.0 Å². The predicted molar refractivity (Wildman–Crippen MR) is 92.8 cm³/mol. The largest absolute Gasteiger partial charge is 0.459 e. The number of hydrogen-bond donors (Lipinski definition) is 0. The third kappa shape index (κ3) is 3.59. The average molecular weight is 353 g/mol. The fourth-order valence-electron chi connectivity index (χ4n) is 2.58. The Kier molecular flexibility index (Phi) is 4.74. The Morgan fingerprint density at radius 2 is 2.04 bits per heavy atom. The van der Waals surface area contributed by atoms with E-state index < -0.39 is 10.9 Å². The molecule has 26 heavy (non-hydrogen) atoms. The summed E-state index contributed by atoms with van der Waals surface area (Å²) in [5, 5.41) is 11.0. The first-order valence-electron chi connectivity index (χ1n) is 7.81. The normalized spacial score (nSPS) is 10.7. The molecule has 0 atom stereocenters. The smallest absolute Gasteiger partial charge is 0.310 e. The highest BCUT2D eigenvalue weighted by molar-refractivity contribution is 5.74. The molecule has 2 heterocycles. The van der Waals surface area contributed by atoms with Crippen molar-refractivity contribution in [2.24, 2.45) is 0 Å². The number of ether oxygens (including phenoxy) is 1. The third-order valence-corrected chi connectivity index (χ3v) is 3.84. The van der Waals surface area contributed by atoms with Crippen molar-refractivity contribution in [3.63, 3.8) is 0 Å². The number of carbonyl (C=O) groups excluding carboxylic acids is 1. The second kappa shape index (κ2) is 7.14. The van der Waals surface area contributed by atoms with Gasteiger partial charge in [-0.2, -0.15) is 0 Å². The van der Waals surface area contributed by atoms with Gasteiger partial charge in [0.1, 0.15) is 12.3 Å². The standard InChI is InChI=1S/C18H15N3O5/c1-12-5-4-8-20-16(22)10-14(19-18(12)20)11-26-17(23)9-13-6-2-3-7-15(13)21(24)25/h2-8,10H,9,11H2,1H3. The van der Waals surface area contributed by atoms with Crippen molar-refractivity contribution in [2.75, 3.05) is 0 Å². The molecule has 2 aromatic heterocycles. The summed E-state index contributed by atoms with van der Waals surface area (Å²) in [6, 6.07) is 10.8. The van der Waals surface area contributed by atoms with Gasteiger partial charge in [-0.3, -0.25) is 24.1 Å². The molecule has 0 spiro atoms. The van der Waals surface area contributed by atoms with E-state index in [1.807, 2.05) is 13.0 Å². The van der Waals surface area contributed by atoms with Crippen molar-refractivity contribution >= 4 is 17.3 Å². The average Bonchev–Trinajstić information content (AvgIpc) is 2.61. The van der Waals surface area contributed by atoms with Crippen LogP contribution in [-0.2, 0) is 22.6 Å². The second-order valence-corrected chi connectivity index (χ2v) is 5.69. The van der Waals surface area contributed by atoms with Gasteiger partial charge in [0, 0.05) is 23.9 Å². The number of nitrogens with zero attached hydrogens (tertiary/aromatic N) is 3. The van der Waals surface area contributed by atoms with Gasteiger partial charge in [-0.25, -0.2) is 4.98 Å². The summed E-state index contributed by atoms with van der Waals surface area (Å²) in [5.41, 5.74) is 1.48. The van der Waals surface area contributed by atoms with Crippen molar-refractivity contribution in [1.82, 2.24) is 9.38 Å². The Morgan fingerprint density at radius 1 is 1.27 bits per heavy atom. The summed E-state index contributed by atoms with van der Waals surface area (Å²) in [6.45, 7) is 1.64. The molecule has 0 unspecified atom stereocenters. The first-order valence-corrected chi connectivity index (χ1v) is 7.81. The number of esters is 1. The number of para-hydroxylation sites is 1. The maximum absolute atomic E-state index is 12.1. The molecule has 3 aromatic rings. The number of carbonyl (C=O) groups is 1. The SMILES string of the molecule is Cc1cccn2c(=O)cc(COC(=O)Cc3ccccc3[N+](=O)[O-])nc12. The number of hydrogen-bond acceptors (Lipinski definition) is 6. The number of nitro groups is 1. The molecule has 8 heteroatoms. The lowest BCUT2D eigenvalue weighted by atomic mass is 10.1. The topological polar surface area (TPSA) is 104 Å². The molecule has 0 aliphatic carbocycles. The number of pyridine rings is 1. The molecule has 0 fully saturated rings. The van der Waals surface area contributed by atoms with Gasteiger partial charge in [-0.1, -0.05) is 24.3 Å². The van der Waals surface area contributed by atoms with Gasteiger partial charge in [0.15, 0.2) is 0 Å². The molecular formula is C18H15N3O5. The zero-order valence-corrected chi connectivity index (χ0v) is 13.9. The molecule has 0 N–H and O–H groups in total. The van der Waals surface area contributed by atoms with E-state index in [4.69, 9.17) is 4.74 Å². The van der Waals surface area contributed by atoms with Crippen LogP contribution in [0.15, 0.2) is 53.5 Å². The summed E-state index contributed by atoms with van der Waals surface area (Å²) in [7, 11) is 0. The van der Waals surface area contributed by atoms with E-state index in [1.54, 1.807) is 18.3 Å². The van der Waals surface area contributed by atoms with Gasteiger partial charge in [-0.05, 0) is 18.6 Å². The first-order chi connectivity index (χ1) is 12.5. The first kappa shape index (κ1) is 17.3. The van der Waals surface area contributed by atoms with Crippen LogP contribution in [0.5, 0.6) is 0 Å². The predicted octanol–water partition coefficient (Wildman–Crippen LogP) is 2.20. The van der Waals surface area contributed by atoms with Gasteiger partial charge in [0.2, 0.25) is 0 Å². The maximum atomic E-state index is 12.1. The Labute approximate surface area is 147 Å². The highest BCUT2D eigenvalue weighted by Crippen LogP contribution is 2.18. The molecule has 3 rings (SSSR count). The Balaban J connectivity index is 1.74. The van der Waals surface area contributed by atoms with E-state index in [9.17, 15) is 19.7 Å². The van der Waals surface area contributed by atoms with Crippen molar-refractivity contribution in [3.8, 4) is 0 Å². The van der Waals surface area contributed by atoms with E-state index in [1.165, 1.54) is 28.7 Å². The molecule has 0 aliphatic rings. The quantitative estimate of drug-likeness (QED) is 0.396.